The standard InChI is InChI=1S/C33H33.C13H8I2.C5H5.Zr/c1-32(2,3)30-20-26-24(18-28(30)22-13-9-7-10-14-22)17-25-19-29(23-15-11-8-12-16-23)31(21-27(25)26)33(4,5)6;14-12-5-1-10(2-6-12)9-11-3-7-13(15)8-4-11;1-2-4-5-3-1;/h7-16,18,20-21H,17H2,1-6H3;1-8H;1-3H,4H2;. The molecule has 0 saturated heterocycles. The Balaban J connectivity index is 1.55. The number of hydrogen-bond donors (Lipinski definition) is 0. The predicted molar refractivity (Wildman–Crippen MR) is 246 cm³/mol. The third-order valence-corrected chi connectivity index (χ3v) is 20.1. The zero-order valence-electron chi connectivity index (χ0n) is 32.0. The molecule has 54 heavy (non-hydrogen) atoms. The molecule has 0 atom stereocenters. The topological polar surface area (TPSA) is 0 Å². The van der Waals surface area contributed by atoms with E-state index in [4.69, 9.17) is 0 Å². The van der Waals surface area contributed by atoms with Crippen LogP contribution >= 0.6 is 45.2 Å². The van der Waals surface area contributed by atoms with Crippen LogP contribution < -0.4 is 3.27 Å². The van der Waals surface area contributed by atoms with Gasteiger partial charge in [0.2, 0.25) is 0 Å². The summed E-state index contributed by atoms with van der Waals surface area (Å²) in [5, 5.41) is 0. The Labute approximate surface area is 357 Å². The first-order valence-corrected chi connectivity index (χ1v) is 24.8. The van der Waals surface area contributed by atoms with E-state index in [9.17, 15) is 0 Å². The average molecular weight is 1000 g/mol. The minimum atomic E-state index is -3.04. The molecule has 6 aromatic carbocycles. The summed E-state index contributed by atoms with van der Waals surface area (Å²) in [4.78, 5) is 0. The molecule has 0 N–H and O–H groups in total. The van der Waals surface area contributed by atoms with Gasteiger partial charge in [-0.05, 0) is 0 Å². The summed E-state index contributed by atoms with van der Waals surface area (Å²) < 4.78 is 7.41. The molecule has 268 valence electrons. The number of halogens is 2. The van der Waals surface area contributed by atoms with Gasteiger partial charge < -0.3 is 0 Å². The molecule has 0 spiro atoms. The Kier molecular flexibility index (Phi) is 10.6. The van der Waals surface area contributed by atoms with E-state index in [0.717, 1.165) is 12.8 Å². The van der Waals surface area contributed by atoms with Crippen LogP contribution in [0.25, 0.3) is 33.4 Å². The Hall–Kier alpha value is -2.99. The van der Waals surface area contributed by atoms with Crippen LogP contribution in [0.4, 0.5) is 0 Å². The third-order valence-electron chi connectivity index (χ3n) is 11.0. The quantitative estimate of drug-likeness (QED) is 0.146. The summed E-state index contributed by atoms with van der Waals surface area (Å²) in [6.45, 7) is 14.4. The van der Waals surface area contributed by atoms with Gasteiger partial charge in [0.25, 0.3) is 0 Å². The molecule has 0 radical (unpaired) electrons. The van der Waals surface area contributed by atoms with Crippen LogP contribution in [0.2, 0.25) is 0 Å². The molecule has 0 unspecified atom stereocenters. The van der Waals surface area contributed by atoms with Crippen molar-refractivity contribution in [1.29, 1.82) is 0 Å². The number of allylic oxidation sites excluding steroid dienone is 4. The van der Waals surface area contributed by atoms with Crippen LogP contribution in [0.1, 0.15) is 81.3 Å². The van der Waals surface area contributed by atoms with E-state index in [2.05, 4.69) is 232 Å². The zero-order valence-corrected chi connectivity index (χ0v) is 38.8. The van der Waals surface area contributed by atoms with Crippen molar-refractivity contribution in [2.24, 2.45) is 0 Å². The number of fused-ring (bicyclic) bond motifs is 3. The maximum atomic E-state index is 2.61. The average Bonchev–Trinajstić information content (AvgIpc) is 3.82. The van der Waals surface area contributed by atoms with Crippen molar-refractivity contribution in [3.8, 4) is 33.4 Å². The van der Waals surface area contributed by atoms with Crippen LogP contribution in [-0.4, -0.2) is 3.21 Å². The van der Waals surface area contributed by atoms with Gasteiger partial charge in [-0.1, -0.05) is 0 Å². The molecular weight excluding hydrogens is 958 g/mol. The van der Waals surface area contributed by atoms with Gasteiger partial charge in [0.1, 0.15) is 0 Å². The first kappa shape index (κ1) is 37.9. The Morgan fingerprint density at radius 2 is 1.11 bits per heavy atom. The Morgan fingerprint density at radius 1 is 0.574 bits per heavy atom. The minimum absolute atomic E-state index is 0.0134. The van der Waals surface area contributed by atoms with Gasteiger partial charge in [-0.25, -0.2) is 0 Å². The summed E-state index contributed by atoms with van der Waals surface area (Å²) >= 11 is 1.87. The molecule has 0 amide bonds. The molecule has 6 aromatic rings. The van der Waals surface area contributed by atoms with Crippen molar-refractivity contribution < 1.29 is 21.3 Å². The Bertz CT molecular complexity index is 2420. The maximum absolute atomic E-state index is 3.04. The first-order valence-electron chi connectivity index (χ1n) is 19.0. The summed E-state index contributed by atoms with van der Waals surface area (Å²) in [6, 6.07) is 48.9. The van der Waals surface area contributed by atoms with Crippen molar-refractivity contribution in [3.05, 3.63) is 189 Å². The molecule has 2 aliphatic carbocycles. The molecule has 3 heteroatoms. The fourth-order valence-corrected chi connectivity index (χ4v) is 17.6. The second-order valence-electron chi connectivity index (χ2n) is 16.8. The molecule has 0 fully saturated rings. The van der Waals surface area contributed by atoms with E-state index >= 15 is 0 Å². The molecular formula is C51H46I2Zr. The van der Waals surface area contributed by atoms with E-state index in [1.54, 1.807) is 15.3 Å². The SMILES string of the molecule is CC(C)(C)c1cc2c(cc1-c1ccccc1)Cc1c-2cc(C(C)(C)C)c(-c2ccccc2)[c]1[Zr]([C]1=CC=CC1)=[C](c1ccc(I)cc1)c1ccc(I)cc1. The van der Waals surface area contributed by atoms with Gasteiger partial charge in [0.05, 0.1) is 0 Å². The second-order valence-corrected chi connectivity index (χ2v) is 25.1. The number of rotatable bonds is 6. The second kappa shape index (κ2) is 15.2. The number of benzene rings is 6. The van der Waals surface area contributed by atoms with Crippen LogP contribution in [0.15, 0.2) is 149 Å². The fraction of sp³-hybridized carbons (Fsp3) is 0.196. The molecule has 2 aliphatic rings. The summed E-state index contributed by atoms with van der Waals surface area (Å²) in [5.41, 5.74) is 16.9. The molecule has 0 nitrogen and oxygen atoms in total. The van der Waals surface area contributed by atoms with Gasteiger partial charge in [0, 0.05) is 0 Å². The van der Waals surface area contributed by atoms with E-state index in [-0.39, 0.29) is 10.8 Å². The normalized spacial score (nSPS) is 13.4. The Morgan fingerprint density at radius 3 is 1.63 bits per heavy atom. The van der Waals surface area contributed by atoms with Crippen molar-refractivity contribution in [2.75, 3.05) is 0 Å². The van der Waals surface area contributed by atoms with Crippen molar-refractivity contribution in [3.63, 3.8) is 0 Å². The summed E-state index contributed by atoms with van der Waals surface area (Å²) in [7, 11) is 0. The molecule has 0 bridgehead atoms. The number of hydrogen-bond acceptors (Lipinski definition) is 0. The van der Waals surface area contributed by atoms with Crippen molar-refractivity contribution >= 4 is 51.7 Å². The summed E-state index contributed by atoms with van der Waals surface area (Å²) in [5.74, 6) is 0. The molecule has 0 aromatic heterocycles. The van der Waals surface area contributed by atoms with Crippen LogP contribution in [0, 0.1) is 7.14 Å². The molecule has 0 saturated carbocycles. The van der Waals surface area contributed by atoms with Crippen molar-refractivity contribution in [1.82, 2.24) is 0 Å². The van der Waals surface area contributed by atoms with Gasteiger partial charge in [-0.2, -0.15) is 0 Å². The van der Waals surface area contributed by atoms with Gasteiger partial charge in [-0.3, -0.25) is 0 Å². The van der Waals surface area contributed by atoms with Crippen LogP contribution in [0.3, 0.4) is 0 Å². The van der Waals surface area contributed by atoms with E-state index in [1.807, 2.05) is 0 Å². The van der Waals surface area contributed by atoms with Gasteiger partial charge in [-0.15, -0.1) is 0 Å². The van der Waals surface area contributed by atoms with Gasteiger partial charge >= 0.3 is 361 Å². The van der Waals surface area contributed by atoms with Gasteiger partial charge in [0.15, 0.2) is 0 Å². The monoisotopic (exact) mass is 1000 g/mol. The zero-order chi connectivity index (χ0) is 37.8. The predicted octanol–water partition coefficient (Wildman–Crippen LogP) is 13.8. The molecule has 0 heterocycles. The molecule has 8 rings (SSSR count). The third kappa shape index (κ3) is 7.35. The van der Waals surface area contributed by atoms with Crippen LogP contribution in [-0.2, 0) is 38.5 Å². The van der Waals surface area contributed by atoms with E-state index in [1.165, 1.54) is 68.3 Å². The van der Waals surface area contributed by atoms with Crippen molar-refractivity contribution in [2.45, 2.75) is 65.2 Å². The van der Waals surface area contributed by atoms with E-state index in [0.29, 0.717) is 0 Å². The first-order chi connectivity index (χ1) is 25.9. The molecule has 0 aliphatic heterocycles. The van der Waals surface area contributed by atoms with Crippen LogP contribution in [0.5, 0.6) is 0 Å². The summed E-state index contributed by atoms with van der Waals surface area (Å²) in [6.07, 6.45) is 9.18. The fourth-order valence-electron chi connectivity index (χ4n) is 8.40. The van der Waals surface area contributed by atoms with E-state index < -0.39 is 21.3 Å².